The number of nitrogens with zero attached hydrogens (tertiary/aromatic N) is 1. The number of esters is 1. The standard InChI is InChI=1S/C6H8N2O4S/c1-12-6(9)5-2-3-8(4-5)13(7,10)11/h2-4H,1H3,(H2,7,10,11). The number of hydrogen-bond donors (Lipinski definition) is 1. The minimum atomic E-state index is -3.81. The molecule has 2 N–H and O–H groups in total. The number of nitrogens with two attached hydrogens (primary N) is 1. The third-order valence-electron chi connectivity index (χ3n) is 1.38. The van der Waals surface area contributed by atoms with Crippen LogP contribution in [0, 0.1) is 0 Å². The Kier molecular flexibility index (Phi) is 2.39. The Morgan fingerprint density at radius 3 is 2.62 bits per heavy atom. The molecule has 1 aromatic rings. The maximum absolute atomic E-state index is 10.9. The minimum absolute atomic E-state index is 0.136. The van der Waals surface area contributed by atoms with Crippen LogP contribution in [0.3, 0.4) is 0 Å². The zero-order valence-corrected chi connectivity index (χ0v) is 7.61. The van der Waals surface area contributed by atoms with E-state index >= 15 is 0 Å². The molecule has 0 atom stereocenters. The lowest BCUT2D eigenvalue weighted by atomic mass is 10.3. The summed E-state index contributed by atoms with van der Waals surface area (Å²) in [6, 6.07) is 1.30. The van der Waals surface area contributed by atoms with Crippen LogP contribution in [0.1, 0.15) is 10.4 Å². The van der Waals surface area contributed by atoms with Crippen molar-refractivity contribution in [2.24, 2.45) is 5.14 Å². The molecule has 0 amide bonds. The van der Waals surface area contributed by atoms with E-state index < -0.39 is 16.2 Å². The van der Waals surface area contributed by atoms with Gasteiger partial charge in [-0.3, -0.25) is 0 Å². The second kappa shape index (κ2) is 3.19. The van der Waals surface area contributed by atoms with Crippen molar-refractivity contribution in [1.29, 1.82) is 0 Å². The predicted octanol–water partition coefficient (Wildman–Crippen LogP) is -0.674. The fourth-order valence-corrected chi connectivity index (χ4v) is 1.26. The van der Waals surface area contributed by atoms with Gasteiger partial charge in [0.1, 0.15) is 0 Å². The van der Waals surface area contributed by atoms with Crippen molar-refractivity contribution in [2.45, 2.75) is 0 Å². The number of aromatic nitrogens is 1. The van der Waals surface area contributed by atoms with Crippen molar-refractivity contribution in [3.8, 4) is 0 Å². The second-order valence-corrected chi connectivity index (χ2v) is 3.72. The molecule has 6 nitrogen and oxygen atoms in total. The summed E-state index contributed by atoms with van der Waals surface area (Å²) in [6.07, 6.45) is 2.25. The number of carbonyl (C=O) groups is 1. The maximum Gasteiger partial charge on any atom is 0.339 e. The Morgan fingerprint density at radius 2 is 2.23 bits per heavy atom. The fourth-order valence-electron chi connectivity index (χ4n) is 0.774. The zero-order valence-electron chi connectivity index (χ0n) is 6.80. The monoisotopic (exact) mass is 204 g/mol. The molecule has 0 saturated carbocycles. The summed E-state index contributed by atoms with van der Waals surface area (Å²) in [5, 5.41) is 4.79. The van der Waals surface area contributed by atoms with E-state index in [4.69, 9.17) is 5.14 Å². The summed E-state index contributed by atoms with van der Waals surface area (Å²) in [5.41, 5.74) is 0.136. The molecule has 1 rings (SSSR count). The van der Waals surface area contributed by atoms with Crippen LogP contribution >= 0.6 is 0 Å². The molecule has 0 spiro atoms. The average Bonchev–Trinajstić information content (AvgIpc) is 2.50. The number of ether oxygens (including phenoxy) is 1. The molecular formula is C6H8N2O4S. The summed E-state index contributed by atoms with van der Waals surface area (Å²) in [6.45, 7) is 0. The Bertz CT molecular complexity index is 420. The van der Waals surface area contributed by atoms with Gasteiger partial charge in [0.2, 0.25) is 0 Å². The number of carbonyl (C=O) groups excluding carboxylic acids is 1. The third-order valence-corrected chi connectivity index (χ3v) is 2.20. The number of methoxy groups -OCH3 is 1. The largest absolute Gasteiger partial charge is 0.465 e. The Balaban J connectivity index is 3.07. The van der Waals surface area contributed by atoms with E-state index in [9.17, 15) is 13.2 Å². The molecule has 1 aromatic heterocycles. The summed E-state index contributed by atoms with van der Waals surface area (Å²) in [5.74, 6) is -0.609. The quantitative estimate of drug-likeness (QED) is 0.646. The van der Waals surface area contributed by atoms with Crippen LogP contribution in [-0.4, -0.2) is 25.5 Å². The Labute approximate surface area is 75.1 Å². The normalized spacial score (nSPS) is 11.2. The molecule has 0 saturated heterocycles. The van der Waals surface area contributed by atoms with E-state index in [-0.39, 0.29) is 5.56 Å². The van der Waals surface area contributed by atoms with Gasteiger partial charge in [-0.1, -0.05) is 0 Å². The molecule has 0 bridgehead atoms. The van der Waals surface area contributed by atoms with Gasteiger partial charge < -0.3 is 4.74 Å². The highest BCUT2D eigenvalue weighted by Crippen LogP contribution is 2.03. The molecular weight excluding hydrogens is 196 g/mol. The summed E-state index contributed by atoms with van der Waals surface area (Å²) >= 11 is 0. The van der Waals surface area contributed by atoms with Crippen molar-refractivity contribution in [3.63, 3.8) is 0 Å². The first-order chi connectivity index (χ1) is 5.95. The summed E-state index contributed by atoms with van der Waals surface area (Å²) < 4.78 is 26.6. The van der Waals surface area contributed by atoms with Gasteiger partial charge >= 0.3 is 16.2 Å². The van der Waals surface area contributed by atoms with Gasteiger partial charge in [0.25, 0.3) is 0 Å². The van der Waals surface area contributed by atoms with Crippen molar-refractivity contribution < 1.29 is 17.9 Å². The molecule has 13 heavy (non-hydrogen) atoms. The topological polar surface area (TPSA) is 91.4 Å². The molecule has 1 heterocycles. The first-order valence-electron chi connectivity index (χ1n) is 3.25. The van der Waals surface area contributed by atoms with Gasteiger partial charge in [0, 0.05) is 12.4 Å². The average molecular weight is 204 g/mol. The smallest absolute Gasteiger partial charge is 0.339 e. The van der Waals surface area contributed by atoms with Gasteiger partial charge in [0.15, 0.2) is 0 Å². The second-order valence-electron chi connectivity index (χ2n) is 2.27. The molecule has 0 aliphatic rings. The van der Waals surface area contributed by atoms with E-state index in [1.807, 2.05) is 0 Å². The lowest BCUT2D eigenvalue weighted by Gasteiger charge is -1.96. The molecule has 0 fully saturated rings. The van der Waals surface area contributed by atoms with Crippen LogP contribution in [0.25, 0.3) is 0 Å². The lowest BCUT2D eigenvalue weighted by molar-refractivity contribution is 0.0601. The van der Waals surface area contributed by atoms with Crippen molar-refractivity contribution in [2.75, 3.05) is 7.11 Å². The van der Waals surface area contributed by atoms with Crippen molar-refractivity contribution >= 4 is 16.2 Å². The van der Waals surface area contributed by atoms with Crippen LogP contribution in [0.4, 0.5) is 0 Å². The highest BCUT2D eigenvalue weighted by Gasteiger charge is 2.11. The zero-order chi connectivity index (χ0) is 10.1. The van der Waals surface area contributed by atoms with Gasteiger partial charge in [-0.05, 0) is 6.07 Å². The van der Waals surface area contributed by atoms with E-state index in [1.165, 1.54) is 19.4 Å². The first kappa shape index (κ1) is 9.75. The van der Waals surface area contributed by atoms with Gasteiger partial charge in [-0.2, -0.15) is 8.42 Å². The molecule has 0 aliphatic heterocycles. The fraction of sp³-hybridized carbons (Fsp3) is 0.167. The van der Waals surface area contributed by atoms with E-state index in [0.717, 1.165) is 10.2 Å². The number of hydrogen-bond acceptors (Lipinski definition) is 4. The highest BCUT2D eigenvalue weighted by atomic mass is 32.2. The molecule has 0 aliphatic carbocycles. The lowest BCUT2D eigenvalue weighted by Crippen LogP contribution is -2.20. The van der Waals surface area contributed by atoms with Crippen LogP contribution in [0.5, 0.6) is 0 Å². The van der Waals surface area contributed by atoms with Gasteiger partial charge in [0.05, 0.1) is 12.7 Å². The van der Waals surface area contributed by atoms with Crippen LogP contribution in [0.2, 0.25) is 0 Å². The molecule has 0 unspecified atom stereocenters. The maximum atomic E-state index is 10.9. The van der Waals surface area contributed by atoms with E-state index in [1.54, 1.807) is 0 Å². The summed E-state index contributed by atoms with van der Waals surface area (Å²) in [7, 11) is -2.61. The number of rotatable bonds is 2. The van der Waals surface area contributed by atoms with E-state index in [0.29, 0.717) is 0 Å². The van der Waals surface area contributed by atoms with Crippen molar-refractivity contribution in [3.05, 3.63) is 24.0 Å². The third kappa shape index (κ3) is 2.07. The molecule has 0 radical (unpaired) electrons. The highest BCUT2D eigenvalue weighted by molar-refractivity contribution is 7.87. The minimum Gasteiger partial charge on any atom is -0.465 e. The Hall–Kier alpha value is -1.34. The Morgan fingerprint density at radius 1 is 1.62 bits per heavy atom. The molecule has 72 valence electrons. The molecule has 7 heteroatoms. The summed E-state index contributed by atoms with van der Waals surface area (Å²) in [4.78, 5) is 10.9. The van der Waals surface area contributed by atoms with Crippen molar-refractivity contribution in [1.82, 2.24) is 3.97 Å². The van der Waals surface area contributed by atoms with Gasteiger partial charge in [-0.15, -0.1) is 0 Å². The van der Waals surface area contributed by atoms with E-state index in [2.05, 4.69) is 4.74 Å². The predicted molar refractivity (Wildman–Crippen MR) is 44.3 cm³/mol. The van der Waals surface area contributed by atoms with Crippen LogP contribution in [0.15, 0.2) is 18.5 Å². The SMILES string of the molecule is COC(=O)c1ccn(S(N)(=O)=O)c1. The van der Waals surface area contributed by atoms with Crippen LogP contribution in [-0.2, 0) is 14.9 Å². The van der Waals surface area contributed by atoms with Gasteiger partial charge in [-0.25, -0.2) is 13.9 Å². The van der Waals surface area contributed by atoms with Crippen LogP contribution < -0.4 is 5.14 Å². The first-order valence-corrected chi connectivity index (χ1v) is 4.75. The molecule has 0 aromatic carbocycles.